The van der Waals surface area contributed by atoms with Crippen LogP contribution in [0.15, 0.2) is 45.7 Å². The quantitative estimate of drug-likeness (QED) is 0.669. The molecule has 0 radical (unpaired) electrons. The van der Waals surface area contributed by atoms with Crippen molar-refractivity contribution in [3.8, 4) is 0 Å². The van der Waals surface area contributed by atoms with Gasteiger partial charge < -0.3 is 5.32 Å². The summed E-state index contributed by atoms with van der Waals surface area (Å²) in [5, 5.41) is 11.2. The van der Waals surface area contributed by atoms with Crippen molar-refractivity contribution in [3.05, 3.63) is 61.7 Å². The summed E-state index contributed by atoms with van der Waals surface area (Å²) >= 11 is 6.63. The van der Waals surface area contributed by atoms with Gasteiger partial charge in [-0.3, -0.25) is 4.79 Å². The smallest absolute Gasteiger partial charge is 0.233 e. The summed E-state index contributed by atoms with van der Waals surface area (Å²) in [6.45, 7) is 2.04. The van der Waals surface area contributed by atoms with Gasteiger partial charge in [-0.2, -0.15) is 0 Å². The fourth-order valence-corrected chi connectivity index (χ4v) is 5.80. The van der Waals surface area contributed by atoms with Gasteiger partial charge >= 0.3 is 0 Å². The van der Waals surface area contributed by atoms with E-state index in [0.717, 1.165) is 15.8 Å². The second-order valence-corrected chi connectivity index (χ2v) is 9.41. The number of halogens is 1. The van der Waals surface area contributed by atoms with E-state index in [2.05, 4.69) is 49.6 Å². The molecule has 0 saturated heterocycles. The molecule has 7 heteroatoms. The third-order valence-electron chi connectivity index (χ3n) is 4.52. The summed E-state index contributed by atoms with van der Waals surface area (Å²) in [6, 6.07) is 12.4. The summed E-state index contributed by atoms with van der Waals surface area (Å²) < 4.78 is 1.11. The lowest BCUT2D eigenvalue weighted by Gasteiger charge is -2.30. The lowest BCUT2D eigenvalue weighted by atomic mass is 9.73. The molecule has 2 atom stereocenters. The van der Waals surface area contributed by atoms with Crippen LogP contribution in [-0.4, -0.2) is 16.1 Å². The van der Waals surface area contributed by atoms with Crippen LogP contribution in [0.3, 0.4) is 0 Å². The van der Waals surface area contributed by atoms with E-state index in [1.54, 1.807) is 16.8 Å². The average Bonchev–Trinajstić information content (AvgIpc) is 3.24. The molecule has 1 aliphatic carbocycles. The molecule has 0 spiro atoms. The molecule has 0 unspecified atom stereocenters. The lowest BCUT2D eigenvalue weighted by Crippen LogP contribution is -2.37. The molecule has 1 N–H and O–H groups in total. The molecule has 0 bridgehead atoms. The van der Waals surface area contributed by atoms with E-state index < -0.39 is 5.41 Å². The Kier molecular flexibility index (Phi) is 4.02. The molecule has 0 saturated carbocycles. The van der Waals surface area contributed by atoms with Crippen LogP contribution in [0, 0.1) is 5.41 Å². The molecule has 1 aliphatic rings. The van der Waals surface area contributed by atoms with Crippen molar-refractivity contribution in [1.29, 1.82) is 0 Å². The SMILES string of the molecule is C[C@]1(C(=O)Nc2nncs2)Cc2sc(Br)cc2[C@H]1c1ccccc1. The first-order valence-electron chi connectivity index (χ1n) is 7.48. The highest BCUT2D eigenvalue weighted by molar-refractivity contribution is 9.11. The number of fused-ring (bicyclic) bond motifs is 1. The predicted octanol–water partition coefficient (Wildman–Crippen LogP) is 4.70. The number of hydrogen-bond acceptors (Lipinski definition) is 5. The van der Waals surface area contributed by atoms with Crippen molar-refractivity contribution in [2.45, 2.75) is 19.3 Å². The van der Waals surface area contributed by atoms with Crippen molar-refractivity contribution < 1.29 is 4.79 Å². The Labute approximate surface area is 156 Å². The number of hydrogen-bond donors (Lipinski definition) is 1. The third kappa shape index (κ3) is 2.60. The van der Waals surface area contributed by atoms with Crippen LogP contribution in [0.4, 0.5) is 5.13 Å². The van der Waals surface area contributed by atoms with Gasteiger partial charge in [-0.15, -0.1) is 21.5 Å². The fourth-order valence-electron chi connectivity index (χ4n) is 3.44. The molecular weight excluding hydrogens is 406 g/mol. The van der Waals surface area contributed by atoms with Crippen LogP contribution in [0.25, 0.3) is 0 Å². The molecule has 0 aliphatic heterocycles. The molecule has 122 valence electrons. The van der Waals surface area contributed by atoms with Gasteiger partial charge in [-0.1, -0.05) is 41.7 Å². The van der Waals surface area contributed by atoms with Crippen LogP contribution in [0.2, 0.25) is 0 Å². The van der Waals surface area contributed by atoms with Crippen molar-refractivity contribution in [2.75, 3.05) is 5.32 Å². The van der Waals surface area contributed by atoms with Crippen molar-refractivity contribution in [2.24, 2.45) is 5.41 Å². The number of nitrogens with zero attached hydrogens (tertiary/aromatic N) is 2. The minimum Gasteiger partial charge on any atom is -0.300 e. The van der Waals surface area contributed by atoms with Crippen LogP contribution in [0.1, 0.15) is 28.8 Å². The van der Waals surface area contributed by atoms with E-state index >= 15 is 0 Å². The van der Waals surface area contributed by atoms with Crippen molar-refractivity contribution in [3.63, 3.8) is 0 Å². The molecule has 1 amide bonds. The summed E-state index contributed by atoms with van der Waals surface area (Å²) in [7, 11) is 0. The third-order valence-corrected chi connectivity index (χ3v) is 6.78. The molecule has 2 heterocycles. The average molecular weight is 420 g/mol. The number of anilines is 1. The van der Waals surface area contributed by atoms with Gasteiger partial charge in [0.05, 0.1) is 9.20 Å². The zero-order valence-corrected chi connectivity index (χ0v) is 16.0. The molecule has 4 nitrogen and oxygen atoms in total. The highest BCUT2D eigenvalue weighted by Crippen LogP contribution is 2.54. The van der Waals surface area contributed by atoms with Crippen LogP contribution in [-0.2, 0) is 11.2 Å². The maximum Gasteiger partial charge on any atom is 0.233 e. The first-order chi connectivity index (χ1) is 11.6. The predicted molar refractivity (Wildman–Crippen MR) is 101 cm³/mol. The second-order valence-electron chi connectivity index (χ2n) is 6.06. The van der Waals surface area contributed by atoms with Crippen LogP contribution in [0.5, 0.6) is 0 Å². The minimum atomic E-state index is -0.547. The summed E-state index contributed by atoms with van der Waals surface area (Å²) in [5.74, 6) is 0.0248. The number of carbonyl (C=O) groups is 1. The van der Waals surface area contributed by atoms with Gasteiger partial charge in [0.15, 0.2) is 0 Å². The molecule has 24 heavy (non-hydrogen) atoms. The molecular formula is C17H14BrN3OS2. The van der Waals surface area contributed by atoms with E-state index in [4.69, 9.17) is 0 Å². The van der Waals surface area contributed by atoms with E-state index in [0.29, 0.717) is 5.13 Å². The highest BCUT2D eigenvalue weighted by Gasteiger charge is 2.49. The van der Waals surface area contributed by atoms with Gasteiger partial charge in [0, 0.05) is 10.8 Å². The lowest BCUT2D eigenvalue weighted by molar-refractivity contribution is -0.125. The number of nitrogens with one attached hydrogen (secondary N) is 1. The Morgan fingerprint density at radius 3 is 2.88 bits per heavy atom. The number of aromatic nitrogens is 2. The first-order valence-corrected chi connectivity index (χ1v) is 9.97. The van der Waals surface area contributed by atoms with Gasteiger partial charge in [0.25, 0.3) is 0 Å². The highest BCUT2D eigenvalue weighted by atomic mass is 79.9. The topological polar surface area (TPSA) is 54.9 Å². The van der Waals surface area contributed by atoms with E-state index in [-0.39, 0.29) is 11.8 Å². The maximum atomic E-state index is 13.1. The van der Waals surface area contributed by atoms with Gasteiger partial charge in [-0.25, -0.2) is 0 Å². The summed E-state index contributed by atoms with van der Waals surface area (Å²) in [6.07, 6.45) is 0.725. The Morgan fingerprint density at radius 2 is 2.17 bits per heavy atom. The van der Waals surface area contributed by atoms with Crippen LogP contribution < -0.4 is 5.32 Å². The Bertz CT molecular complexity index is 879. The van der Waals surface area contributed by atoms with E-state index in [1.807, 2.05) is 25.1 Å². The summed E-state index contributed by atoms with van der Waals surface area (Å²) in [5.41, 5.74) is 3.48. The van der Waals surface area contributed by atoms with Gasteiger partial charge in [0.1, 0.15) is 5.51 Å². The standard InChI is InChI=1S/C17H14BrN3OS2/c1-17(15(22)20-16-21-19-9-23-16)8-12-11(7-13(18)24-12)14(17)10-5-3-2-4-6-10/h2-7,9,14H,8H2,1H3,(H,20,21,22)/t14-,17+/m1/s1. The minimum absolute atomic E-state index is 0.00683. The Hall–Kier alpha value is -1.57. The number of benzene rings is 1. The first kappa shape index (κ1) is 15.9. The fraction of sp³-hybridized carbons (Fsp3) is 0.235. The molecule has 4 rings (SSSR count). The largest absolute Gasteiger partial charge is 0.300 e. The maximum absolute atomic E-state index is 13.1. The second kappa shape index (κ2) is 6.06. The zero-order valence-electron chi connectivity index (χ0n) is 12.8. The number of thiophene rings is 1. The normalized spacial score (nSPS) is 22.3. The summed E-state index contributed by atoms with van der Waals surface area (Å²) in [4.78, 5) is 14.4. The van der Waals surface area contributed by atoms with Gasteiger partial charge in [0.2, 0.25) is 11.0 Å². The zero-order chi connectivity index (χ0) is 16.7. The molecule has 2 aromatic heterocycles. The van der Waals surface area contributed by atoms with E-state index in [9.17, 15) is 4.79 Å². The van der Waals surface area contributed by atoms with Gasteiger partial charge in [-0.05, 0) is 46.5 Å². The number of carbonyl (C=O) groups excluding carboxylic acids is 1. The van der Waals surface area contributed by atoms with Crippen LogP contribution >= 0.6 is 38.6 Å². The number of rotatable bonds is 3. The molecule has 1 aromatic carbocycles. The Balaban J connectivity index is 1.76. The number of amides is 1. The Morgan fingerprint density at radius 1 is 1.38 bits per heavy atom. The van der Waals surface area contributed by atoms with Crippen molar-refractivity contribution >= 4 is 49.6 Å². The van der Waals surface area contributed by atoms with E-state index in [1.165, 1.54) is 21.8 Å². The molecule has 0 fully saturated rings. The van der Waals surface area contributed by atoms with Crippen molar-refractivity contribution in [1.82, 2.24) is 10.2 Å². The molecule has 3 aromatic rings. The monoisotopic (exact) mass is 419 g/mol.